The van der Waals surface area contributed by atoms with Gasteiger partial charge < -0.3 is 4.74 Å². The Labute approximate surface area is 77.1 Å². The third kappa shape index (κ3) is 2.46. The molecule has 0 aromatic carbocycles. The van der Waals surface area contributed by atoms with Crippen LogP contribution >= 0.6 is 23.2 Å². The van der Waals surface area contributed by atoms with Crippen molar-refractivity contribution in [1.82, 2.24) is 4.98 Å². The molecule has 0 aliphatic heterocycles. The molecule has 1 aromatic rings. The van der Waals surface area contributed by atoms with E-state index >= 15 is 0 Å². The molecule has 0 bridgehead atoms. The maximum Gasteiger partial charge on any atom is 0.388 e. The normalized spacial score (nSPS) is 10.4. The van der Waals surface area contributed by atoms with Gasteiger partial charge in [-0.25, -0.2) is 4.98 Å². The van der Waals surface area contributed by atoms with E-state index in [1.165, 1.54) is 0 Å². The summed E-state index contributed by atoms with van der Waals surface area (Å²) in [5, 5.41) is 0.320. The highest BCUT2D eigenvalue weighted by Gasteiger charge is 2.07. The van der Waals surface area contributed by atoms with Crippen molar-refractivity contribution >= 4 is 23.2 Å². The van der Waals surface area contributed by atoms with Crippen LogP contribution in [-0.4, -0.2) is 11.6 Å². The minimum Gasteiger partial charge on any atom is -0.417 e. The fourth-order valence-corrected chi connectivity index (χ4v) is 0.798. The Bertz CT molecular complexity index is 282. The van der Waals surface area contributed by atoms with Crippen molar-refractivity contribution in [2.75, 3.05) is 0 Å². The molecular formula is C6H3Cl2F2NO. The lowest BCUT2D eigenvalue weighted by Gasteiger charge is -2.02. The standard InChI is InChI=1S/C6H3Cl2F2NO/c7-3-1-5(12-6(9)10)11-2-4(3)8/h1-2,6H. The van der Waals surface area contributed by atoms with Gasteiger partial charge in [-0.3, -0.25) is 0 Å². The van der Waals surface area contributed by atoms with E-state index in [1.807, 2.05) is 0 Å². The summed E-state index contributed by atoms with van der Waals surface area (Å²) < 4.78 is 27.2. The highest BCUT2D eigenvalue weighted by molar-refractivity contribution is 6.41. The zero-order valence-electron chi connectivity index (χ0n) is 5.60. The van der Waals surface area contributed by atoms with Crippen LogP contribution in [0.1, 0.15) is 0 Å². The number of aromatic nitrogens is 1. The average Bonchev–Trinajstić information content (AvgIpc) is 1.96. The summed E-state index contributed by atoms with van der Waals surface area (Å²) in [5.41, 5.74) is 0. The molecule has 0 saturated heterocycles. The highest BCUT2D eigenvalue weighted by atomic mass is 35.5. The number of halogens is 4. The van der Waals surface area contributed by atoms with Crippen molar-refractivity contribution in [3.05, 3.63) is 22.3 Å². The molecule has 0 aliphatic rings. The molecule has 1 rings (SSSR count). The molecule has 66 valence electrons. The molecule has 0 atom stereocenters. The first-order valence-corrected chi connectivity index (χ1v) is 3.61. The second kappa shape index (κ2) is 3.87. The first kappa shape index (κ1) is 9.48. The molecule has 12 heavy (non-hydrogen) atoms. The molecule has 0 radical (unpaired) electrons. The molecule has 0 N–H and O–H groups in total. The Morgan fingerprint density at radius 3 is 2.50 bits per heavy atom. The first-order valence-electron chi connectivity index (χ1n) is 2.85. The van der Waals surface area contributed by atoms with Gasteiger partial charge in [-0.05, 0) is 0 Å². The summed E-state index contributed by atoms with van der Waals surface area (Å²) in [6.07, 6.45) is 1.14. The van der Waals surface area contributed by atoms with Crippen molar-refractivity contribution in [3.63, 3.8) is 0 Å². The summed E-state index contributed by atoms with van der Waals surface area (Å²) in [4.78, 5) is 3.46. The first-order chi connectivity index (χ1) is 5.59. The number of nitrogens with zero attached hydrogens (tertiary/aromatic N) is 1. The Hall–Kier alpha value is -0.610. The van der Waals surface area contributed by atoms with Crippen LogP contribution in [0.2, 0.25) is 10.0 Å². The molecule has 1 heterocycles. The van der Waals surface area contributed by atoms with Gasteiger partial charge in [0.25, 0.3) is 0 Å². The van der Waals surface area contributed by atoms with Crippen LogP contribution in [-0.2, 0) is 0 Å². The van der Waals surface area contributed by atoms with Gasteiger partial charge in [0.2, 0.25) is 5.88 Å². The second-order valence-electron chi connectivity index (χ2n) is 1.82. The zero-order chi connectivity index (χ0) is 9.14. The van der Waals surface area contributed by atoms with Gasteiger partial charge in [-0.1, -0.05) is 23.2 Å². The van der Waals surface area contributed by atoms with Crippen LogP contribution in [0.15, 0.2) is 12.3 Å². The van der Waals surface area contributed by atoms with E-state index < -0.39 is 6.61 Å². The summed E-state index contributed by atoms with van der Waals surface area (Å²) in [7, 11) is 0. The largest absolute Gasteiger partial charge is 0.417 e. The van der Waals surface area contributed by atoms with Crippen LogP contribution in [0, 0.1) is 0 Å². The maximum absolute atomic E-state index is 11.6. The van der Waals surface area contributed by atoms with Gasteiger partial charge in [-0.15, -0.1) is 0 Å². The topological polar surface area (TPSA) is 22.1 Å². The maximum atomic E-state index is 11.6. The smallest absolute Gasteiger partial charge is 0.388 e. The number of ether oxygens (including phenoxy) is 1. The fourth-order valence-electron chi connectivity index (χ4n) is 0.552. The third-order valence-corrected chi connectivity index (χ3v) is 1.70. The molecule has 0 amide bonds. The molecule has 0 aliphatic carbocycles. The Morgan fingerprint density at radius 2 is 2.00 bits per heavy atom. The van der Waals surface area contributed by atoms with Crippen LogP contribution in [0.5, 0.6) is 5.88 Å². The van der Waals surface area contributed by atoms with E-state index in [-0.39, 0.29) is 15.9 Å². The van der Waals surface area contributed by atoms with E-state index in [4.69, 9.17) is 23.2 Å². The van der Waals surface area contributed by atoms with Crippen molar-refractivity contribution in [2.24, 2.45) is 0 Å². The molecule has 0 saturated carbocycles. The Morgan fingerprint density at radius 1 is 1.33 bits per heavy atom. The van der Waals surface area contributed by atoms with Gasteiger partial charge in [0.05, 0.1) is 16.2 Å². The van der Waals surface area contributed by atoms with Gasteiger partial charge in [-0.2, -0.15) is 8.78 Å². The molecular weight excluding hydrogens is 211 g/mol. The zero-order valence-corrected chi connectivity index (χ0v) is 7.11. The number of pyridine rings is 1. The number of hydrogen-bond acceptors (Lipinski definition) is 2. The van der Waals surface area contributed by atoms with Crippen molar-refractivity contribution in [1.29, 1.82) is 0 Å². The molecule has 0 fully saturated rings. The van der Waals surface area contributed by atoms with Crippen molar-refractivity contribution in [3.8, 4) is 5.88 Å². The summed E-state index contributed by atoms with van der Waals surface area (Å²) in [6.45, 7) is -2.91. The lowest BCUT2D eigenvalue weighted by atomic mass is 10.5. The van der Waals surface area contributed by atoms with Crippen LogP contribution in [0.4, 0.5) is 8.78 Å². The summed E-state index contributed by atoms with van der Waals surface area (Å²) in [6, 6.07) is 1.12. The number of alkyl halides is 2. The van der Waals surface area contributed by atoms with Crippen LogP contribution in [0.3, 0.4) is 0 Å². The molecule has 6 heteroatoms. The monoisotopic (exact) mass is 213 g/mol. The lowest BCUT2D eigenvalue weighted by Crippen LogP contribution is -2.03. The quantitative estimate of drug-likeness (QED) is 0.754. The predicted molar refractivity (Wildman–Crippen MR) is 40.9 cm³/mol. The highest BCUT2D eigenvalue weighted by Crippen LogP contribution is 2.24. The van der Waals surface area contributed by atoms with Gasteiger partial charge in [0.1, 0.15) is 0 Å². The number of rotatable bonds is 2. The van der Waals surface area contributed by atoms with E-state index in [9.17, 15) is 8.78 Å². The molecule has 0 unspecified atom stereocenters. The third-order valence-electron chi connectivity index (χ3n) is 0.993. The van der Waals surface area contributed by atoms with E-state index in [2.05, 4.69) is 9.72 Å². The lowest BCUT2D eigenvalue weighted by molar-refractivity contribution is -0.0528. The minimum atomic E-state index is -2.91. The van der Waals surface area contributed by atoms with Crippen LogP contribution in [0.25, 0.3) is 0 Å². The molecule has 0 spiro atoms. The summed E-state index contributed by atoms with van der Waals surface area (Å²) in [5.74, 6) is -0.251. The van der Waals surface area contributed by atoms with E-state index in [0.717, 1.165) is 12.3 Å². The second-order valence-corrected chi connectivity index (χ2v) is 2.63. The van der Waals surface area contributed by atoms with Crippen molar-refractivity contribution in [2.45, 2.75) is 6.61 Å². The van der Waals surface area contributed by atoms with Gasteiger partial charge >= 0.3 is 6.61 Å². The van der Waals surface area contributed by atoms with Gasteiger partial charge in [0.15, 0.2) is 0 Å². The number of hydrogen-bond donors (Lipinski definition) is 0. The Balaban J connectivity index is 2.82. The van der Waals surface area contributed by atoms with E-state index in [0.29, 0.717) is 0 Å². The average molecular weight is 214 g/mol. The van der Waals surface area contributed by atoms with Gasteiger partial charge in [0, 0.05) is 6.07 Å². The van der Waals surface area contributed by atoms with E-state index in [1.54, 1.807) is 0 Å². The summed E-state index contributed by atoms with van der Waals surface area (Å²) >= 11 is 11.0. The molecule has 1 aromatic heterocycles. The SMILES string of the molecule is FC(F)Oc1cc(Cl)c(Cl)cn1. The Kier molecular flexibility index (Phi) is 3.05. The van der Waals surface area contributed by atoms with Crippen molar-refractivity contribution < 1.29 is 13.5 Å². The fraction of sp³-hybridized carbons (Fsp3) is 0.167. The predicted octanol–water partition coefficient (Wildman–Crippen LogP) is 2.99. The molecule has 2 nitrogen and oxygen atoms in total. The van der Waals surface area contributed by atoms with Crippen LogP contribution < -0.4 is 4.74 Å². The minimum absolute atomic E-state index is 0.127.